The molecule has 0 spiro atoms. The van der Waals surface area contributed by atoms with Gasteiger partial charge in [0.2, 0.25) is 0 Å². The zero-order valence-corrected chi connectivity index (χ0v) is 11.4. The molecule has 0 bridgehead atoms. The number of ether oxygens (including phenoxy) is 1. The normalized spacial score (nSPS) is 9.94. The van der Waals surface area contributed by atoms with E-state index in [4.69, 9.17) is 4.74 Å². The molecule has 0 aliphatic rings. The standard InChI is InChI=1S/C14H22N2O2/c1-4-5-10-15-14(17)16(2)11-12-6-8-13(18-3)9-7-12/h6-9H,4-5,10-11H2,1-3H3,(H,15,17). The van der Waals surface area contributed by atoms with Crippen molar-refractivity contribution in [3.63, 3.8) is 0 Å². The summed E-state index contributed by atoms with van der Waals surface area (Å²) >= 11 is 0. The molecule has 1 N–H and O–H groups in total. The van der Waals surface area contributed by atoms with E-state index in [2.05, 4.69) is 12.2 Å². The molecule has 0 fully saturated rings. The van der Waals surface area contributed by atoms with E-state index >= 15 is 0 Å². The second-order valence-corrected chi connectivity index (χ2v) is 4.29. The number of nitrogens with one attached hydrogen (secondary N) is 1. The molecule has 1 aromatic rings. The van der Waals surface area contributed by atoms with Crippen molar-refractivity contribution in [2.75, 3.05) is 20.7 Å². The van der Waals surface area contributed by atoms with Crippen molar-refractivity contribution in [3.05, 3.63) is 29.8 Å². The number of rotatable bonds is 6. The van der Waals surface area contributed by atoms with E-state index in [0.717, 1.165) is 30.7 Å². The molecule has 0 heterocycles. The summed E-state index contributed by atoms with van der Waals surface area (Å²) in [7, 11) is 3.44. The first-order chi connectivity index (χ1) is 8.67. The van der Waals surface area contributed by atoms with Crippen molar-refractivity contribution in [2.45, 2.75) is 26.3 Å². The zero-order valence-electron chi connectivity index (χ0n) is 11.4. The van der Waals surface area contributed by atoms with Crippen LogP contribution in [0, 0.1) is 0 Å². The molecule has 4 nitrogen and oxygen atoms in total. The molecule has 0 aliphatic heterocycles. The minimum absolute atomic E-state index is 0.0285. The van der Waals surface area contributed by atoms with E-state index in [9.17, 15) is 4.79 Å². The summed E-state index contributed by atoms with van der Waals surface area (Å²) in [5, 5.41) is 2.89. The highest BCUT2D eigenvalue weighted by atomic mass is 16.5. The number of carbonyl (C=O) groups is 1. The van der Waals surface area contributed by atoms with Crippen LogP contribution in [0.25, 0.3) is 0 Å². The summed E-state index contributed by atoms with van der Waals surface area (Å²) in [6.07, 6.45) is 2.10. The lowest BCUT2D eigenvalue weighted by molar-refractivity contribution is 0.207. The van der Waals surface area contributed by atoms with E-state index in [1.807, 2.05) is 24.3 Å². The molecule has 0 aliphatic carbocycles. The lowest BCUT2D eigenvalue weighted by atomic mass is 10.2. The average Bonchev–Trinajstić information content (AvgIpc) is 2.39. The number of benzene rings is 1. The van der Waals surface area contributed by atoms with Gasteiger partial charge < -0.3 is 15.0 Å². The maximum atomic E-state index is 11.7. The van der Waals surface area contributed by atoms with Gasteiger partial charge in [0, 0.05) is 20.1 Å². The molecule has 0 aromatic heterocycles. The van der Waals surface area contributed by atoms with Crippen LogP contribution in [0.3, 0.4) is 0 Å². The molecule has 1 rings (SSSR count). The highest BCUT2D eigenvalue weighted by Gasteiger charge is 2.07. The Balaban J connectivity index is 2.42. The van der Waals surface area contributed by atoms with Crippen LogP contribution in [0.2, 0.25) is 0 Å². The lowest BCUT2D eigenvalue weighted by Crippen LogP contribution is -2.37. The van der Waals surface area contributed by atoms with Crippen molar-refractivity contribution >= 4 is 6.03 Å². The Morgan fingerprint density at radius 2 is 2.00 bits per heavy atom. The number of unbranched alkanes of at least 4 members (excludes halogenated alkanes) is 1. The Morgan fingerprint density at radius 3 is 2.56 bits per heavy atom. The van der Waals surface area contributed by atoms with Crippen molar-refractivity contribution in [1.82, 2.24) is 10.2 Å². The minimum atomic E-state index is -0.0285. The van der Waals surface area contributed by atoms with Gasteiger partial charge in [-0.05, 0) is 24.1 Å². The fraction of sp³-hybridized carbons (Fsp3) is 0.500. The van der Waals surface area contributed by atoms with Crippen LogP contribution >= 0.6 is 0 Å². The lowest BCUT2D eigenvalue weighted by Gasteiger charge is -2.18. The van der Waals surface area contributed by atoms with E-state index in [1.54, 1.807) is 19.1 Å². The van der Waals surface area contributed by atoms with Gasteiger partial charge in [-0.15, -0.1) is 0 Å². The van der Waals surface area contributed by atoms with Crippen LogP contribution in [-0.2, 0) is 6.54 Å². The SMILES string of the molecule is CCCCNC(=O)N(C)Cc1ccc(OC)cc1. The molecule has 4 heteroatoms. The first kappa shape index (κ1) is 14.4. The molecule has 0 atom stereocenters. The Morgan fingerprint density at radius 1 is 1.33 bits per heavy atom. The van der Waals surface area contributed by atoms with Crippen LogP contribution < -0.4 is 10.1 Å². The molecule has 0 saturated carbocycles. The molecular weight excluding hydrogens is 228 g/mol. The van der Waals surface area contributed by atoms with E-state index < -0.39 is 0 Å². The second kappa shape index (κ2) is 7.58. The highest BCUT2D eigenvalue weighted by molar-refractivity contribution is 5.73. The number of nitrogens with zero attached hydrogens (tertiary/aromatic N) is 1. The molecule has 18 heavy (non-hydrogen) atoms. The maximum absolute atomic E-state index is 11.7. The fourth-order valence-electron chi connectivity index (χ4n) is 1.58. The molecule has 0 saturated heterocycles. The number of urea groups is 1. The highest BCUT2D eigenvalue weighted by Crippen LogP contribution is 2.12. The quantitative estimate of drug-likeness (QED) is 0.789. The second-order valence-electron chi connectivity index (χ2n) is 4.29. The minimum Gasteiger partial charge on any atom is -0.497 e. The van der Waals surface area contributed by atoms with Crippen LogP contribution in [0.4, 0.5) is 4.79 Å². The van der Waals surface area contributed by atoms with Crippen LogP contribution in [0.1, 0.15) is 25.3 Å². The van der Waals surface area contributed by atoms with Gasteiger partial charge in [-0.1, -0.05) is 25.5 Å². The Labute approximate surface area is 109 Å². The third-order valence-corrected chi connectivity index (χ3v) is 2.73. The first-order valence-electron chi connectivity index (χ1n) is 6.29. The number of hydrogen-bond acceptors (Lipinski definition) is 2. The predicted molar refractivity (Wildman–Crippen MR) is 72.8 cm³/mol. The summed E-state index contributed by atoms with van der Waals surface area (Å²) in [4.78, 5) is 13.4. The number of amides is 2. The zero-order chi connectivity index (χ0) is 13.4. The van der Waals surface area contributed by atoms with Crippen molar-refractivity contribution in [2.24, 2.45) is 0 Å². The summed E-state index contributed by atoms with van der Waals surface area (Å²) in [6, 6.07) is 7.71. The van der Waals surface area contributed by atoms with Crippen molar-refractivity contribution < 1.29 is 9.53 Å². The smallest absolute Gasteiger partial charge is 0.317 e. The fourth-order valence-corrected chi connectivity index (χ4v) is 1.58. The van der Waals surface area contributed by atoms with Gasteiger partial charge in [0.25, 0.3) is 0 Å². The van der Waals surface area contributed by atoms with E-state index in [1.165, 1.54) is 0 Å². The van der Waals surface area contributed by atoms with Gasteiger partial charge >= 0.3 is 6.03 Å². The molecule has 1 aromatic carbocycles. The molecule has 0 unspecified atom stereocenters. The van der Waals surface area contributed by atoms with Gasteiger partial charge in [0.05, 0.1) is 7.11 Å². The van der Waals surface area contributed by atoms with Crippen LogP contribution in [0.5, 0.6) is 5.75 Å². The van der Waals surface area contributed by atoms with Crippen LogP contribution in [0.15, 0.2) is 24.3 Å². The largest absolute Gasteiger partial charge is 0.497 e. The van der Waals surface area contributed by atoms with Gasteiger partial charge in [0.15, 0.2) is 0 Å². The summed E-state index contributed by atoms with van der Waals surface area (Å²) in [5.41, 5.74) is 1.09. The van der Waals surface area contributed by atoms with E-state index in [-0.39, 0.29) is 6.03 Å². The molecular formula is C14H22N2O2. The van der Waals surface area contributed by atoms with Gasteiger partial charge in [-0.25, -0.2) is 4.79 Å². The third-order valence-electron chi connectivity index (χ3n) is 2.73. The van der Waals surface area contributed by atoms with Gasteiger partial charge in [-0.3, -0.25) is 0 Å². The topological polar surface area (TPSA) is 41.6 Å². The van der Waals surface area contributed by atoms with E-state index in [0.29, 0.717) is 6.54 Å². The van der Waals surface area contributed by atoms with Gasteiger partial charge in [0.1, 0.15) is 5.75 Å². The van der Waals surface area contributed by atoms with Crippen molar-refractivity contribution in [1.29, 1.82) is 0 Å². The Hall–Kier alpha value is -1.71. The maximum Gasteiger partial charge on any atom is 0.317 e. The average molecular weight is 250 g/mol. The molecule has 2 amide bonds. The monoisotopic (exact) mass is 250 g/mol. The Kier molecular flexibility index (Phi) is 6.05. The number of carbonyl (C=O) groups excluding carboxylic acids is 1. The van der Waals surface area contributed by atoms with Crippen LogP contribution in [-0.4, -0.2) is 31.6 Å². The predicted octanol–water partition coefficient (Wildman–Crippen LogP) is 2.64. The first-order valence-corrected chi connectivity index (χ1v) is 6.29. The summed E-state index contributed by atoms with van der Waals surface area (Å²) in [5.74, 6) is 0.828. The van der Waals surface area contributed by atoms with Gasteiger partial charge in [-0.2, -0.15) is 0 Å². The number of hydrogen-bond donors (Lipinski definition) is 1. The Bertz CT molecular complexity index is 363. The third kappa shape index (κ3) is 4.65. The number of methoxy groups -OCH3 is 1. The summed E-state index contributed by atoms with van der Waals surface area (Å²) < 4.78 is 5.09. The molecule has 0 radical (unpaired) electrons. The van der Waals surface area contributed by atoms with Crippen molar-refractivity contribution in [3.8, 4) is 5.75 Å². The summed E-state index contributed by atoms with van der Waals surface area (Å²) in [6.45, 7) is 3.44. The molecule has 100 valence electrons.